The number of carbonyl (C=O) groups excluding carboxylic acids is 1. The standard InChI is InChI=1S/C18H10O4/c1-20-10-3-5-11-13(7-10)16-15-9(2-4-12(15)17(11)19)6-14-18(16)22-8-21-14/h2-3,5-7H,8H2,1H3. The van der Waals surface area contributed by atoms with Crippen LogP contribution < -0.4 is 14.2 Å². The van der Waals surface area contributed by atoms with Gasteiger partial charge in [-0.3, -0.25) is 4.79 Å². The van der Waals surface area contributed by atoms with Crippen LogP contribution in [0.2, 0.25) is 0 Å². The first-order valence-electron chi connectivity index (χ1n) is 6.94. The monoisotopic (exact) mass is 290 g/mol. The van der Waals surface area contributed by atoms with Crippen LogP contribution in [-0.2, 0) is 0 Å². The van der Waals surface area contributed by atoms with Crippen LogP contribution >= 0.6 is 0 Å². The maximum Gasteiger partial charge on any atom is 0.231 e. The fourth-order valence-electron chi connectivity index (χ4n) is 3.29. The van der Waals surface area contributed by atoms with Crippen molar-refractivity contribution in [2.75, 3.05) is 13.9 Å². The molecule has 0 fully saturated rings. The van der Waals surface area contributed by atoms with E-state index in [1.807, 2.05) is 18.2 Å². The quantitative estimate of drug-likeness (QED) is 0.756. The van der Waals surface area contributed by atoms with Gasteiger partial charge in [0.05, 0.1) is 12.7 Å². The molecule has 22 heavy (non-hydrogen) atoms. The Balaban J connectivity index is 1.94. The predicted octanol–water partition coefficient (Wildman–Crippen LogP) is 3.30. The van der Waals surface area contributed by atoms with Crippen molar-refractivity contribution >= 4 is 17.4 Å². The molecule has 2 aliphatic carbocycles. The minimum Gasteiger partial charge on any atom is -0.497 e. The van der Waals surface area contributed by atoms with Gasteiger partial charge in [0.15, 0.2) is 11.5 Å². The van der Waals surface area contributed by atoms with Crippen molar-refractivity contribution in [2.24, 2.45) is 0 Å². The van der Waals surface area contributed by atoms with Crippen LogP contribution in [0.15, 0.2) is 30.0 Å². The number of ether oxygens (including phenoxy) is 3. The Kier molecular flexibility index (Phi) is 2.02. The molecule has 4 heteroatoms. The summed E-state index contributed by atoms with van der Waals surface area (Å²) in [6, 6.07) is 7.36. The molecule has 1 aliphatic heterocycles. The molecule has 2 aromatic carbocycles. The molecule has 0 bridgehead atoms. The number of allylic oxidation sites excluding steroid dienone is 1. The minimum absolute atomic E-state index is 0.0148. The lowest BCUT2D eigenvalue weighted by atomic mass is 9.80. The van der Waals surface area contributed by atoms with Crippen LogP contribution in [0.5, 0.6) is 17.2 Å². The lowest BCUT2D eigenvalue weighted by Crippen LogP contribution is -2.11. The van der Waals surface area contributed by atoms with Gasteiger partial charge in [0, 0.05) is 22.3 Å². The van der Waals surface area contributed by atoms with E-state index >= 15 is 0 Å². The highest BCUT2D eigenvalue weighted by atomic mass is 16.7. The number of Topliss-reactive ketones (excluding diaryl/α,β-unsaturated/α-hetero) is 1. The van der Waals surface area contributed by atoms with E-state index in [1.54, 1.807) is 19.2 Å². The van der Waals surface area contributed by atoms with Crippen molar-refractivity contribution in [2.45, 2.75) is 0 Å². The molecule has 1 heterocycles. The third-order valence-corrected chi connectivity index (χ3v) is 4.28. The first-order valence-corrected chi connectivity index (χ1v) is 6.94. The Bertz CT molecular complexity index is 946. The summed E-state index contributed by atoms with van der Waals surface area (Å²) in [5.41, 5.74) is 7.87. The fraction of sp³-hybridized carbons (Fsp3) is 0.111. The number of hydrogen-bond donors (Lipinski definition) is 0. The summed E-state index contributed by atoms with van der Waals surface area (Å²) in [5, 5.41) is 0. The first kappa shape index (κ1) is 11.7. The van der Waals surface area contributed by atoms with Gasteiger partial charge in [-0.05, 0) is 35.9 Å². The molecule has 0 aromatic heterocycles. The smallest absolute Gasteiger partial charge is 0.231 e. The highest BCUT2D eigenvalue weighted by molar-refractivity contribution is 6.36. The van der Waals surface area contributed by atoms with Crippen LogP contribution in [0.1, 0.15) is 21.5 Å². The topological polar surface area (TPSA) is 44.8 Å². The van der Waals surface area contributed by atoms with Gasteiger partial charge in [-0.15, -0.1) is 5.73 Å². The number of methoxy groups -OCH3 is 1. The number of benzene rings is 2. The third-order valence-electron chi connectivity index (χ3n) is 4.28. The average Bonchev–Trinajstić information content (AvgIpc) is 3.17. The van der Waals surface area contributed by atoms with Crippen LogP contribution in [0.4, 0.5) is 0 Å². The lowest BCUT2D eigenvalue weighted by molar-refractivity contribution is 0.105. The molecule has 0 unspecified atom stereocenters. The Hall–Kier alpha value is -2.97. The second kappa shape index (κ2) is 3.81. The Labute approximate surface area is 126 Å². The molecular weight excluding hydrogens is 280 g/mol. The van der Waals surface area contributed by atoms with Crippen molar-refractivity contribution in [3.05, 3.63) is 46.7 Å². The molecule has 0 atom stereocenters. The van der Waals surface area contributed by atoms with E-state index in [2.05, 4.69) is 5.73 Å². The summed E-state index contributed by atoms with van der Waals surface area (Å²) in [6.45, 7) is 0.196. The van der Waals surface area contributed by atoms with E-state index in [1.165, 1.54) is 0 Å². The van der Waals surface area contributed by atoms with Gasteiger partial charge in [-0.25, -0.2) is 0 Å². The Morgan fingerprint density at radius 1 is 1.14 bits per heavy atom. The van der Waals surface area contributed by atoms with Gasteiger partial charge in [-0.1, -0.05) is 0 Å². The first-order chi connectivity index (χ1) is 10.8. The second-order valence-electron chi connectivity index (χ2n) is 5.35. The summed E-state index contributed by atoms with van der Waals surface area (Å²) in [6.07, 6.45) is 1.83. The van der Waals surface area contributed by atoms with Crippen molar-refractivity contribution in [3.63, 3.8) is 0 Å². The predicted molar refractivity (Wildman–Crippen MR) is 80.3 cm³/mol. The third kappa shape index (κ3) is 1.26. The van der Waals surface area contributed by atoms with E-state index in [0.717, 1.165) is 22.3 Å². The van der Waals surface area contributed by atoms with Gasteiger partial charge in [0.2, 0.25) is 12.6 Å². The molecule has 106 valence electrons. The van der Waals surface area contributed by atoms with E-state index in [-0.39, 0.29) is 12.6 Å². The molecule has 0 saturated carbocycles. The number of rotatable bonds is 1. The maximum atomic E-state index is 12.7. The molecule has 0 amide bonds. The number of ketones is 1. The van der Waals surface area contributed by atoms with Gasteiger partial charge >= 0.3 is 0 Å². The minimum atomic E-state index is -0.0148. The van der Waals surface area contributed by atoms with E-state index in [9.17, 15) is 4.79 Å². The van der Waals surface area contributed by atoms with E-state index < -0.39 is 0 Å². The summed E-state index contributed by atoms with van der Waals surface area (Å²) >= 11 is 0. The van der Waals surface area contributed by atoms with E-state index in [4.69, 9.17) is 14.2 Å². The SMILES string of the molecule is COc1ccc2c(c1)-c1c3c(cc4c1C(=C=C4)C2=O)OCO3. The van der Waals surface area contributed by atoms with Crippen LogP contribution in [-0.4, -0.2) is 19.7 Å². The van der Waals surface area contributed by atoms with Crippen molar-refractivity contribution in [1.82, 2.24) is 0 Å². The van der Waals surface area contributed by atoms with Gasteiger partial charge in [0.1, 0.15) is 5.75 Å². The average molecular weight is 290 g/mol. The highest BCUT2D eigenvalue weighted by Crippen LogP contribution is 2.53. The van der Waals surface area contributed by atoms with Crippen LogP contribution in [0, 0.1) is 0 Å². The largest absolute Gasteiger partial charge is 0.497 e. The Morgan fingerprint density at radius 3 is 2.91 bits per heavy atom. The fourth-order valence-corrected chi connectivity index (χ4v) is 3.29. The summed E-state index contributed by atoms with van der Waals surface area (Å²) < 4.78 is 16.5. The normalized spacial score (nSPS) is 15.5. The summed E-state index contributed by atoms with van der Waals surface area (Å²) in [5.74, 6) is 2.08. The highest BCUT2D eigenvalue weighted by Gasteiger charge is 2.36. The Morgan fingerprint density at radius 2 is 2.05 bits per heavy atom. The van der Waals surface area contributed by atoms with Gasteiger partial charge in [-0.2, -0.15) is 0 Å². The van der Waals surface area contributed by atoms with Crippen LogP contribution in [0.25, 0.3) is 22.8 Å². The van der Waals surface area contributed by atoms with Crippen molar-refractivity contribution < 1.29 is 19.0 Å². The molecular formula is C18H10O4. The molecule has 2 aromatic rings. The number of hydrogen-bond acceptors (Lipinski definition) is 4. The lowest BCUT2D eigenvalue weighted by Gasteiger charge is -2.22. The number of carbonyl (C=O) groups is 1. The van der Waals surface area contributed by atoms with Crippen LogP contribution in [0.3, 0.4) is 0 Å². The molecule has 0 spiro atoms. The molecule has 0 N–H and O–H groups in total. The summed E-state index contributed by atoms with van der Waals surface area (Å²) in [7, 11) is 1.61. The second-order valence-corrected chi connectivity index (χ2v) is 5.35. The molecule has 0 saturated heterocycles. The zero-order chi connectivity index (χ0) is 14.8. The van der Waals surface area contributed by atoms with Gasteiger partial charge < -0.3 is 14.2 Å². The molecule has 5 rings (SSSR count). The zero-order valence-corrected chi connectivity index (χ0v) is 11.7. The van der Waals surface area contributed by atoms with Crippen molar-refractivity contribution in [3.8, 4) is 28.4 Å². The van der Waals surface area contributed by atoms with Crippen molar-refractivity contribution in [1.29, 1.82) is 0 Å². The molecule has 3 aliphatic rings. The number of fused-ring (bicyclic) bond motifs is 4. The molecule has 4 nitrogen and oxygen atoms in total. The van der Waals surface area contributed by atoms with E-state index in [0.29, 0.717) is 28.4 Å². The van der Waals surface area contributed by atoms with Gasteiger partial charge in [0.25, 0.3) is 0 Å². The maximum absolute atomic E-state index is 12.7. The summed E-state index contributed by atoms with van der Waals surface area (Å²) in [4.78, 5) is 12.7. The molecule has 0 radical (unpaired) electrons. The zero-order valence-electron chi connectivity index (χ0n) is 11.7.